The number of anilines is 1. The van der Waals surface area contributed by atoms with Crippen LogP contribution in [0.2, 0.25) is 0 Å². The molecule has 1 aromatic rings. The molecule has 17 heavy (non-hydrogen) atoms. The Morgan fingerprint density at radius 1 is 1.29 bits per heavy atom. The number of aliphatic hydroxyl groups is 1. The quantitative estimate of drug-likeness (QED) is 0.579. The number of hydrazine groups is 3. The first-order chi connectivity index (χ1) is 8.02. The van der Waals surface area contributed by atoms with Crippen LogP contribution in [0.15, 0.2) is 30.3 Å². The number of nitro groups is 2. The summed E-state index contributed by atoms with van der Waals surface area (Å²) in [7, 11) is 0. The Morgan fingerprint density at radius 2 is 1.76 bits per heavy atom. The van der Waals surface area contributed by atoms with Gasteiger partial charge in [0.2, 0.25) is 0 Å². The molecule has 0 saturated heterocycles. The van der Waals surface area contributed by atoms with Crippen molar-refractivity contribution < 1.29 is 15.2 Å². The molecule has 0 spiro atoms. The Labute approximate surface area is 96.5 Å². The Morgan fingerprint density at radius 3 is 2.12 bits per heavy atom. The second-order valence-corrected chi connectivity index (χ2v) is 2.56. The number of nitrogens with zero attached hydrogens (tertiary/aromatic N) is 3. The normalized spacial score (nSPS) is 8.59. The zero-order valence-electron chi connectivity index (χ0n) is 9.02. The molecule has 0 radical (unpaired) electrons. The van der Waals surface area contributed by atoms with E-state index in [2.05, 4.69) is 0 Å². The molecule has 94 valence electrons. The highest BCUT2D eigenvalue weighted by Crippen LogP contribution is 2.10. The molecule has 9 nitrogen and oxygen atoms in total. The van der Waals surface area contributed by atoms with Crippen molar-refractivity contribution in [1.82, 2.24) is 5.53 Å². The average molecular weight is 244 g/mol. The van der Waals surface area contributed by atoms with Gasteiger partial charge in [0.05, 0.1) is 5.12 Å². The van der Waals surface area contributed by atoms with Gasteiger partial charge >= 0.3 is 0 Å². The summed E-state index contributed by atoms with van der Waals surface area (Å²) in [5, 5.41) is 26.3. The van der Waals surface area contributed by atoms with E-state index in [-0.39, 0.29) is 17.4 Å². The lowest BCUT2D eigenvalue weighted by Gasteiger charge is -2.08. The van der Waals surface area contributed by atoms with E-state index in [9.17, 15) is 20.2 Å². The van der Waals surface area contributed by atoms with E-state index in [1.807, 2.05) is 0 Å². The topological polar surface area (TPSA) is 122 Å². The van der Waals surface area contributed by atoms with Gasteiger partial charge in [-0.1, -0.05) is 18.2 Å². The molecule has 0 heterocycles. The largest absolute Gasteiger partial charge is 0.397 e. The number of benzene rings is 1. The highest BCUT2D eigenvalue weighted by molar-refractivity contribution is 5.41. The molecular formula is C8H12N4O5. The predicted octanol–water partition coefficient (Wildman–Crippen LogP) is 0.380. The van der Waals surface area contributed by atoms with Gasteiger partial charge in [-0.3, -0.25) is 0 Å². The molecule has 0 atom stereocenters. The monoisotopic (exact) mass is 244 g/mol. The van der Waals surface area contributed by atoms with E-state index in [1.165, 1.54) is 29.8 Å². The minimum absolute atomic E-state index is 0.0780. The number of rotatable bonds is 4. The van der Waals surface area contributed by atoms with Gasteiger partial charge in [-0.15, -0.1) is 0 Å². The number of hydrogen-bond acceptors (Lipinski definition) is 5. The molecule has 9 heteroatoms. The lowest BCUT2D eigenvalue weighted by Crippen LogP contribution is -2.45. The Hall–Kier alpha value is -2.42. The van der Waals surface area contributed by atoms with Gasteiger partial charge in [-0.25, -0.2) is 20.2 Å². The molecule has 0 aliphatic rings. The summed E-state index contributed by atoms with van der Waals surface area (Å²) in [6.45, 7) is 1.93. The van der Waals surface area contributed by atoms with Gasteiger partial charge in [0.25, 0.3) is 0 Å². The number of hydrogen-bond donors (Lipinski definition) is 2. The van der Waals surface area contributed by atoms with Crippen molar-refractivity contribution in [3.63, 3.8) is 0 Å². The minimum Gasteiger partial charge on any atom is -0.397 e. The standard InChI is InChI=1S/C6H6N4O4.C2H6O/c11-9(12)7-8(10(13)14)6-4-2-1-3-5-6;1-2-3/h1-5,7H;3H,2H2,1H3. The molecule has 2 N–H and O–H groups in total. The van der Waals surface area contributed by atoms with Crippen LogP contribution >= 0.6 is 0 Å². The molecule has 0 fully saturated rings. The lowest BCUT2D eigenvalue weighted by atomic mass is 10.3. The Kier molecular flexibility index (Phi) is 6.71. The number of para-hydroxylation sites is 1. The van der Waals surface area contributed by atoms with Crippen LogP contribution < -0.4 is 10.7 Å². The smallest absolute Gasteiger partial charge is 0.190 e. The van der Waals surface area contributed by atoms with Crippen LogP contribution in [0.4, 0.5) is 5.69 Å². The fraction of sp³-hybridized carbons (Fsp3) is 0.250. The third-order valence-electron chi connectivity index (χ3n) is 1.34. The van der Waals surface area contributed by atoms with Crippen molar-refractivity contribution in [3.8, 4) is 0 Å². The molecule has 0 bridgehead atoms. The van der Waals surface area contributed by atoms with Crippen molar-refractivity contribution in [2.24, 2.45) is 0 Å². The first-order valence-electron chi connectivity index (χ1n) is 4.54. The molecule has 0 aliphatic heterocycles. The zero-order valence-corrected chi connectivity index (χ0v) is 9.02. The summed E-state index contributed by atoms with van der Waals surface area (Å²) in [5.74, 6) is 0. The van der Waals surface area contributed by atoms with Crippen LogP contribution in [0, 0.1) is 20.2 Å². The molecule has 1 rings (SSSR count). The highest BCUT2D eigenvalue weighted by atomic mass is 16.7. The van der Waals surface area contributed by atoms with Crippen LogP contribution in [-0.2, 0) is 0 Å². The molecule has 0 unspecified atom stereocenters. The van der Waals surface area contributed by atoms with Crippen LogP contribution in [-0.4, -0.2) is 21.8 Å². The van der Waals surface area contributed by atoms with Gasteiger partial charge in [0, 0.05) is 12.1 Å². The first kappa shape index (κ1) is 14.6. The summed E-state index contributed by atoms with van der Waals surface area (Å²) in [6, 6.07) is 7.47. The fourth-order valence-electron chi connectivity index (χ4n) is 0.835. The SMILES string of the molecule is CCO.O=[N+]([O-])NN(c1ccccc1)[N+](=O)[O-]. The third kappa shape index (κ3) is 5.89. The van der Waals surface area contributed by atoms with E-state index < -0.39 is 10.1 Å². The Bertz CT molecular complexity index is 358. The zero-order chi connectivity index (χ0) is 13.3. The lowest BCUT2D eigenvalue weighted by molar-refractivity contribution is -0.620. The maximum absolute atomic E-state index is 10.4. The van der Waals surface area contributed by atoms with Gasteiger partial charge in [-0.2, -0.15) is 0 Å². The second-order valence-electron chi connectivity index (χ2n) is 2.56. The maximum Gasteiger partial charge on any atom is 0.190 e. The molecular weight excluding hydrogens is 232 g/mol. The predicted molar refractivity (Wildman–Crippen MR) is 58.8 cm³/mol. The van der Waals surface area contributed by atoms with E-state index >= 15 is 0 Å². The van der Waals surface area contributed by atoms with Crippen molar-refractivity contribution in [1.29, 1.82) is 0 Å². The van der Waals surface area contributed by atoms with Crippen molar-refractivity contribution in [2.75, 3.05) is 11.7 Å². The highest BCUT2D eigenvalue weighted by Gasteiger charge is 2.21. The van der Waals surface area contributed by atoms with Gasteiger partial charge in [0.1, 0.15) is 5.69 Å². The Balaban J connectivity index is 0.000000770. The third-order valence-corrected chi connectivity index (χ3v) is 1.34. The van der Waals surface area contributed by atoms with Gasteiger partial charge in [0.15, 0.2) is 10.1 Å². The van der Waals surface area contributed by atoms with E-state index in [0.717, 1.165) is 0 Å². The summed E-state index contributed by atoms with van der Waals surface area (Å²) < 4.78 is 0. The molecule has 0 saturated carbocycles. The summed E-state index contributed by atoms with van der Waals surface area (Å²) in [5.41, 5.74) is 1.53. The van der Waals surface area contributed by atoms with Crippen molar-refractivity contribution in [2.45, 2.75) is 6.92 Å². The van der Waals surface area contributed by atoms with Crippen LogP contribution in [0.3, 0.4) is 0 Å². The fourth-order valence-corrected chi connectivity index (χ4v) is 0.835. The van der Waals surface area contributed by atoms with E-state index in [0.29, 0.717) is 0 Å². The minimum atomic E-state index is -1.00. The van der Waals surface area contributed by atoms with Crippen LogP contribution in [0.1, 0.15) is 6.92 Å². The van der Waals surface area contributed by atoms with Crippen molar-refractivity contribution >= 4 is 5.69 Å². The van der Waals surface area contributed by atoms with E-state index in [4.69, 9.17) is 5.11 Å². The summed E-state index contributed by atoms with van der Waals surface area (Å²) in [4.78, 5) is 20.4. The van der Waals surface area contributed by atoms with Crippen LogP contribution in [0.25, 0.3) is 0 Å². The first-order valence-corrected chi connectivity index (χ1v) is 4.54. The van der Waals surface area contributed by atoms with Gasteiger partial charge < -0.3 is 5.11 Å². The van der Waals surface area contributed by atoms with E-state index in [1.54, 1.807) is 13.0 Å². The molecule has 0 aliphatic carbocycles. The summed E-state index contributed by atoms with van der Waals surface area (Å²) >= 11 is 0. The van der Waals surface area contributed by atoms with Crippen molar-refractivity contribution in [3.05, 3.63) is 50.6 Å². The number of aliphatic hydroxyl groups excluding tert-OH is 1. The van der Waals surface area contributed by atoms with Crippen LogP contribution in [0.5, 0.6) is 0 Å². The summed E-state index contributed by atoms with van der Waals surface area (Å²) in [6.07, 6.45) is 0. The average Bonchev–Trinajstić information content (AvgIpc) is 2.27. The molecule has 1 aromatic carbocycles. The number of nitrogens with one attached hydrogen (secondary N) is 1. The molecule has 0 amide bonds. The maximum atomic E-state index is 10.4. The second kappa shape index (κ2) is 7.82. The van der Waals surface area contributed by atoms with Gasteiger partial charge in [-0.05, 0) is 19.1 Å². The molecule has 0 aromatic heterocycles.